The number of hydrogen-bond acceptors (Lipinski definition) is 5. The van der Waals surface area contributed by atoms with Crippen molar-refractivity contribution in [1.82, 2.24) is 9.38 Å². The largest absolute Gasteiger partial charge is 0.465 e. The quantitative estimate of drug-likeness (QED) is 0.737. The number of hydrogen-bond donors (Lipinski definition) is 1. The molecule has 8 heteroatoms. The molecule has 3 heterocycles. The van der Waals surface area contributed by atoms with Crippen molar-refractivity contribution in [2.24, 2.45) is 0 Å². The van der Waals surface area contributed by atoms with Crippen molar-refractivity contribution in [3.8, 4) is 0 Å². The molecule has 0 saturated heterocycles. The molecule has 24 heavy (non-hydrogen) atoms. The molecule has 0 bridgehead atoms. The van der Waals surface area contributed by atoms with Crippen LogP contribution in [0, 0.1) is 12.7 Å². The summed E-state index contributed by atoms with van der Waals surface area (Å²) >= 11 is 1.30. The van der Waals surface area contributed by atoms with Crippen LogP contribution in [0.15, 0.2) is 30.6 Å². The summed E-state index contributed by atoms with van der Waals surface area (Å²) in [4.78, 5) is 29.1. The number of halogens is 1. The molecule has 0 unspecified atom stereocenters. The maximum atomic E-state index is 13.2. The van der Waals surface area contributed by atoms with Crippen LogP contribution in [0.5, 0.6) is 0 Å². The van der Waals surface area contributed by atoms with E-state index in [0.29, 0.717) is 21.9 Å². The number of carbonyl (C=O) groups is 2. The molecule has 0 atom stereocenters. The lowest BCUT2D eigenvalue weighted by molar-refractivity contribution is -0.115. The Morgan fingerprint density at radius 1 is 1.38 bits per heavy atom. The van der Waals surface area contributed by atoms with Crippen LogP contribution >= 0.6 is 11.3 Å². The minimum absolute atomic E-state index is 0.0147. The van der Waals surface area contributed by atoms with E-state index < -0.39 is 5.97 Å². The SMILES string of the molecule is COC(=O)c1cc(C)sc1NC(=O)Cc1cn2cc(F)ccc2n1. The summed E-state index contributed by atoms with van der Waals surface area (Å²) in [5, 5.41) is 3.15. The highest BCUT2D eigenvalue weighted by Gasteiger charge is 2.18. The van der Waals surface area contributed by atoms with Crippen LogP contribution in [0.3, 0.4) is 0 Å². The zero-order valence-corrected chi connectivity index (χ0v) is 13.8. The molecule has 0 radical (unpaired) electrons. The summed E-state index contributed by atoms with van der Waals surface area (Å²) in [6.07, 6.45) is 2.90. The number of carbonyl (C=O) groups excluding carboxylic acids is 2. The Hall–Kier alpha value is -2.74. The standard InChI is InChI=1S/C16H14FN3O3S/c1-9-5-12(16(22)23-2)15(24-9)19-14(21)6-11-8-20-7-10(17)3-4-13(20)18-11/h3-5,7-8H,6H2,1-2H3,(H,19,21). The number of methoxy groups -OCH3 is 1. The normalized spacial score (nSPS) is 10.8. The average molecular weight is 347 g/mol. The van der Waals surface area contributed by atoms with E-state index in [4.69, 9.17) is 4.74 Å². The lowest BCUT2D eigenvalue weighted by Gasteiger charge is -2.04. The van der Waals surface area contributed by atoms with Gasteiger partial charge < -0.3 is 14.5 Å². The topological polar surface area (TPSA) is 72.7 Å². The number of nitrogens with one attached hydrogen (secondary N) is 1. The smallest absolute Gasteiger partial charge is 0.340 e. The van der Waals surface area contributed by atoms with Gasteiger partial charge in [0.2, 0.25) is 5.91 Å². The first-order valence-corrected chi connectivity index (χ1v) is 7.89. The fourth-order valence-corrected chi connectivity index (χ4v) is 3.22. The highest BCUT2D eigenvalue weighted by atomic mass is 32.1. The van der Waals surface area contributed by atoms with Crippen LogP contribution in [0.2, 0.25) is 0 Å². The van der Waals surface area contributed by atoms with Gasteiger partial charge in [0.05, 0.1) is 24.8 Å². The molecule has 1 amide bonds. The maximum absolute atomic E-state index is 13.2. The highest BCUT2D eigenvalue weighted by molar-refractivity contribution is 7.16. The van der Waals surface area contributed by atoms with Gasteiger partial charge in [0.1, 0.15) is 16.5 Å². The average Bonchev–Trinajstić information content (AvgIpc) is 3.08. The summed E-state index contributed by atoms with van der Waals surface area (Å²) in [6.45, 7) is 1.84. The number of nitrogens with zero attached hydrogens (tertiary/aromatic N) is 2. The second-order valence-corrected chi connectivity index (χ2v) is 6.42. The van der Waals surface area contributed by atoms with Crippen molar-refractivity contribution in [3.05, 3.63) is 52.5 Å². The molecule has 3 aromatic heterocycles. The monoisotopic (exact) mass is 347 g/mol. The number of imidazole rings is 1. The number of amides is 1. The number of anilines is 1. The molecule has 3 aromatic rings. The maximum Gasteiger partial charge on any atom is 0.340 e. The molecule has 0 aliphatic heterocycles. The van der Waals surface area contributed by atoms with E-state index in [-0.39, 0.29) is 18.1 Å². The van der Waals surface area contributed by atoms with Gasteiger partial charge in [0.25, 0.3) is 0 Å². The zero-order valence-electron chi connectivity index (χ0n) is 13.0. The van der Waals surface area contributed by atoms with Crippen LogP contribution in [0.4, 0.5) is 9.39 Å². The summed E-state index contributed by atoms with van der Waals surface area (Å²) in [5.41, 5.74) is 1.39. The summed E-state index contributed by atoms with van der Waals surface area (Å²) in [7, 11) is 1.29. The number of fused-ring (bicyclic) bond motifs is 1. The van der Waals surface area contributed by atoms with E-state index in [9.17, 15) is 14.0 Å². The Morgan fingerprint density at radius 3 is 2.92 bits per heavy atom. The third kappa shape index (κ3) is 3.28. The lowest BCUT2D eigenvalue weighted by Crippen LogP contribution is -2.16. The lowest BCUT2D eigenvalue weighted by atomic mass is 10.3. The number of rotatable bonds is 4. The molecular formula is C16H14FN3O3S. The fourth-order valence-electron chi connectivity index (χ4n) is 2.31. The Kier molecular flexibility index (Phi) is 4.30. The Labute approximate surface area is 140 Å². The van der Waals surface area contributed by atoms with Crippen molar-refractivity contribution >= 4 is 33.9 Å². The van der Waals surface area contributed by atoms with Crippen LogP contribution in [0.1, 0.15) is 20.9 Å². The van der Waals surface area contributed by atoms with E-state index >= 15 is 0 Å². The molecule has 0 spiro atoms. The van der Waals surface area contributed by atoms with Crippen molar-refractivity contribution in [2.75, 3.05) is 12.4 Å². The summed E-state index contributed by atoms with van der Waals surface area (Å²) in [6, 6.07) is 4.51. The van der Waals surface area contributed by atoms with Crippen LogP contribution in [0.25, 0.3) is 5.65 Å². The van der Waals surface area contributed by atoms with E-state index in [2.05, 4.69) is 10.3 Å². The summed E-state index contributed by atoms with van der Waals surface area (Å²) < 4.78 is 19.4. The fraction of sp³-hybridized carbons (Fsp3) is 0.188. The van der Waals surface area contributed by atoms with E-state index in [1.165, 1.54) is 41.2 Å². The molecule has 0 aliphatic carbocycles. The van der Waals surface area contributed by atoms with Gasteiger partial charge in [-0.3, -0.25) is 4.79 Å². The van der Waals surface area contributed by atoms with E-state index in [1.54, 1.807) is 12.3 Å². The molecule has 0 aromatic carbocycles. The van der Waals surface area contributed by atoms with Gasteiger partial charge >= 0.3 is 5.97 Å². The van der Waals surface area contributed by atoms with Crippen molar-refractivity contribution < 1.29 is 18.7 Å². The zero-order chi connectivity index (χ0) is 17.3. The molecule has 0 aliphatic rings. The molecule has 124 valence electrons. The third-order valence-corrected chi connectivity index (χ3v) is 4.29. The van der Waals surface area contributed by atoms with Crippen LogP contribution in [-0.2, 0) is 16.0 Å². The number of ether oxygens (including phenoxy) is 1. The van der Waals surface area contributed by atoms with Gasteiger partial charge in [-0.1, -0.05) is 0 Å². The van der Waals surface area contributed by atoms with Gasteiger partial charge in [0, 0.05) is 17.3 Å². The van der Waals surface area contributed by atoms with Crippen LogP contribution < -0.4 is 5.32 Å². The first kappa shape index (κ1) is 16.1. The van der Waals surface area contributed by atoms with Crippen molar-refractivity contribution in [2.45, 2.75) is 13.3 Å². The molecule has 1 N–H and O–H groups in total. The number of esters is 1. The van der Waals surface area contributed by atoms with Gasteiger partial charge in [-0.15, -0.1) is 11.3 Å². The number of thiophene rings is 1. The first-order chi connectivity index (χ1) is 11.5. The van der Waals surface area contributed by atoms with Crippen LogP contribution in [-0.4, -0.2) is 28.4 Å². The minimum Gasteiger partial charge on any atom is -0.465 e. The van der Waals surface area contributed by atoms with Crippen molar-refractivity contribution in [3.63, 3.8) is 0 Å². The van der Waals surface area contributed by atoms with E-state index in [0.717, 1.165) is 4.88 Å². The molecule has 0 fully saturated rings. The number of aromatic nitrogens is 2. The Morgan fingerprint density at radius 2 is 2.17 bits per heavy atom. The molecular weight excluding hydrogens is 333 g/mol. The Bertz CT molecular complexity index is 932. The summed E-state index contributed by atoms with van der Waals surface area (Å²) in [5.74, 6) is -1.20. The Balaban J connectivity index is 1.76. The van der Waals surface area contributed by atoms with E-state index in [1.807, 2.05) is 6.92 Å². The third-order valence-electron chi connectivity index (χ3n) is 3.32. The molecule has 3 rings (SSSR count). The highest BCUT2D eigenvalue weighted by Crippen LogP contribution is 2.28. The van der Waals surface area contributed by atoms with Gasteiger partial charge in [-0.25, -0.2) is 14.2 Å². The van der Waals surface area contributed by atoms with Gasteiger partial charge in [-0.2, -0.15) is 0 Å². The van der Waals surface area contributed by atoms with Gasteiger partial charge in [0.15, 0.2) is 0 Å². The predicted octanol–water partition coefficient (Wildman–Crippen LogP) is 2.81. The first-order valence-electron chi connectivity index (χ1n) is 7.08. The second kappa shape index (κ2) is 6.40. The van der Waals surface area contributed by atoms with Crippen molar-refractivity contribution in [1.29, 1.82) is 0 Å². The molecule has 6 nitrogen and oxygen atoms in total. The number of aryl methyl sites for hydroxylation is 1. The molecule has 0 saturated carbocycles. The number of pyridine rings is 1. The second-order valence-electron chi connectivity index (χ2n) is 5.16. The minimum atomic E-state index is -0.502. The van der Waals surface area contributed by atoms with Gasteiger partial charge in [-0.05, 0) is 25.1 Å². The predicted molar refractivity (Wildman–Crippen MR) is 87.9 cm³/mol.